The molecule has 1 saturated carbocycles. The van der Waals surface area contributed by atoms with Gasteiger partial charge in [0.1, 0.15) is 0 Å². The number of carbonyl (C=O) groups excluding carboxylic acids is 2. The fourth-order valence-electron chi connectivity index (χ4n) is 2.82. The summed E-state index contributed by atoms with van der Waals surface area (Å²) in [6.07, 6.45) is 5.82. The van der Waals surface area contributed by atoms with E-state index in [0.717, 1.165) is 45.2 Å². The summed E-state index contributed by atoms with van der Waals surface area (Å²) in [5.41, 5.74) is 5.89. The minimum Gasteiger partial charge on any atom is -0.353 e. The molecule has 0 atom stereocenters. The fraction of sp³-hybridized carbons (Fsp3) is 0.857. The molecule has 0 spiro atoms. The van der Waals surface area contributed by atoms with Gasteiger partial charge in [-0.3, -0.25) is 9.59 Å². The van der Waals surface area contributed by atoms with Crippen LogP contribution in [-0.2, 0) is 9.59 Å². The molecule has 5 nitrogen and oxygen atoms in total. The van der Waals surface area contributed by atoms with Crippen LogP contribution < -0.4 is 11.1 Å². The highest BCUT2D eigenvalue weighted by Crippen LogP contribution is 2.32. The van der Waals surface area contributed by atoms with Crippen molar-refractivity contribution in [3.05, 3.63) is 0 Å². The van der Waals surface area contributed by atoms with Crippen LogP contribution in [0.5, 0.6) is 0 Å². The van der Waals surface area contributed by atoms with E-state index < -0.39 is 0 Å². The van der Waals surface area contributed by atoms with Gasteiger partial charge in [-0.25, -0.2) is 0 Å². The topological polar surface area (TPSA) is 75.4 Å². The largest absolute Gasteiger partial charge is 0.353 e. The van der Waals surface area contributed by atoms with Crippen molar-refractivity contribution in [1.82, 2.24) is 10.2 Å². The van der Waals surface area contributed by atoms with Gasteiger partial charge in [-0.2, -0.15) is 0 Å². The molecule has 19 heavy (non-hydrogen) atoms. The summed E-state index contributed by atoms with van der Waals surface area (Å²) in [6.45, 7) is 3.33. The van der Waals surface area contributed by atoms with Gasteiger partial charge in [0.25, 0.3) is 0 Å². The number of rotatable bonds is 4. The van der Waals surface area contributed by atoms with Crippen molar-refractivity contribution in [2.45, 2.75) is 63.5 Å². The summed E-state index contributed by atoms with van der Waals surface area (Å²) in [5, 5.41) is 3.00. The summed E-state index contributed by atoms with van der Waals surface area (Å²) in [6, 6.07) is 0.229. The average molecular weight is 267 g/mol. The highest BCUT2D eigenvalue weighted by molar-refractivity contribution is 5.78. The number of hydrogen-bond acceptors (Lipinski definition) is 3. The highest BCUT2D eigenvalue weighted by atomic mass is 16.2. The molecule has 2 fully saturated rings. The second-order valence-corrected chi connectivity index (χ2v) is 5.97. The van der Waals surface area contributed by atoms with Crippen molar-refractivity contribution in [3.63, 3.8) is 0 Å². The van der Waals surface area contributed by atoms with Crippen LogP contribution in [0.25, 0.3) is 0 Å². The zero-order valence-corrected chi connectivity index (χ0v) is 11.8. The second kappa shape index (κ2) is 5.90. The van der Waals surface area contributed by atoms with E-state index in [1.54, 1.807) is 0 Å². The quantitative estimate of drug-likeness (QED) is 0.790. The summed E-state index contributed by atoms with van der Waals surface area (Å²) in [5.74, 6) is 0.280. The van der Waals surface area contributed by atoms with Gasteiger partial charge in [-0.05, 0) is 32.1 Å². The number of hydrogen-bond donors (Lipinski definition) is 2. The van der Waals surface area contributed by atoms with E-state index in [2.05, 4.69) is 5.32 Å². The fourth-order valence-corrected chi connectivity index (χ4v) is 2.82. The van der Waals surface area contributed by atoms with Gasteiger partial charge in [-0.15, -0.1) is 0 Å². The monoisotopic (exact) mass is 267 g/mol. The third-order valence-corrected chi connectivity index (χ3v) is 4.39. The molecular formula is C14H25N3O2. The van der Waals surface area contributed by atoms with Crippen LogP contribution in [-0.4, -0.2) is 41.4 Å². The Morgan fingerprint density at radius 2 is 1.95 bits per heavy atom. The lowest BCUT2D eigenvalue weighted by Crippen LogP contribution is -2.52. The first-order chi connectivity index (χ1) is 9.02. The molecule has 5 heteroatoms. The number of nitrogens with one attached hydrogen (secondary N) is 1. The van der Waals surface area contributed by atoms with Crippen molar-refractivity contribution in [1.29, 1.82) is 0 Å². The molecule has 0 aromatic rings. The van der Waals surface area contributed by atoms with E-state index in [1.807, 2.05) is 11.8 Å². The van der Waals surface area contributed by atoms with E-state index in [0.29, 0.717) is 12.8 Å². The van der Waals surface area contributed by atoms with Gasteiger partial charge < -0.3 is 16.0 Å². The molecule has 0 radical (unpaired) electrons. The first-order valence-corrected chi connectivity index (χ1v) is 7.38. The van der Waals surface area contributed by atoms with E-state index in [-0.39, 0.29) is 23.4 Å². The first kappa shape index (κ1) is 14.3. The number of carbonyl (C=O) groups is 2. The minimum atomic E-state index is -0.232. The van der Waals surface area contributed by atoms with Gasteiger partial charge in [0.05, 0.1) is 0 Å². The first-order valence-electron chi connectivity index (χ1n) is 7.38. The molecule has 1 aliphatic carbocycles. The maximum Gasteiger partial charge on any atom is 0.224 e. The number of piperidine rings is 1. The molecule has 3 N–H and O–H groups in total. The molecule has 2 rings (SSSR count). The number of amides is 2. The van der Waals surface area contributed by atoms with Gasteiger partial charge in [0.15, 0.2) is 0 Å². The maximum atomic E-state index is 12.2. The predicted octanol–water partition coefficient (Wildman–Crippen LogP) is 0.775. The predicted molar refractivity (Wildman–Crippen MR) is 73.4 cm³/mol. The molecule has 1 saturated heterocycles. The third-order valence-electron chi connectivity index (χ3n) is 4.39. The summed E-state index contributed by atoms with van der Waals surface area (Å²) >= 11 is 0. The minimum absolute atomic E-state index is 0.0974. The summed E-state index contributed by atoms with van der Waals surface area (Å²) < 4.78 is 0. The molecular weight excluding hydrogens is 242 g/mol. The van der Waals surface area contributed by atoms with Crippen LogP contribution in [0.1, 0.15) is 51.9 Å². The van der Waals surface area contributed by atoms with Crippen LogP contribution in [0.3, 0.4) is 0 Å². The Labute approximate surface area is 114 Å². The molecule has 0 bridgehead atoms. The second-order valence-electron chi connectivity index (χ2n) is 5.97. The normalized spacial score (nSPS) is 22.7. The lowest BCUT2D eigenvalue weighted by molar-refractivity contribution is -0.134. The maximum absolute atomic E-state index is 12.2. The van der Waals surface area contributed by atoms with Crippen LogP contribution in [0.15, 0.2) is 0 Å². The molecule has 1 aliphatic heterocycles. The van der Waals surface area contributed by atoms with Gasteiger partial charge in [0, 0.05) is 37.5 Å². The smallest absolute Gasteiger partial charge is 0.224 e. The van der Waals surface area contributed by atoms with Gasteiger partial charge >= 0.3 is 0 Å². The summed E-state index contributed by atoms with van der Waals surface area (Å²) in [7, 11) is 0. The Morgan fingerprint density at radius 1 is 1.32 bits per heavy atom. The van der Waals surface area contributed by atoms with E-state index in [4.69, 9.17) is 5.73 Å². The Kier molecular flexibility index (Phi) is 4.45. The molecule has 1 heterocycles. The standard InChI is InChI=1S/C14H25N3O2/c1-2-12(18)16-11-4-8-17(9-5-11)13(19)10-14(15)6-3-7-14/h11H,2-10,15H2,1H3,(H,16,18). The Hall–Kier alpha value is -1.10. The Bertz CT molecular complexity index is 345. The van der Waals surface area contributed by atoms with Crippen LogP contribution >= 0.6 is 0 Å². The molecule has 0 aromatic heterocycles. The van der Waals surface area contributed by atoms with Crippen molar-refractivity contribution in [2.24, 2.45) is 5.73 Å². The van der Waals surface area contributed by atoms with E-state index in [1.165, 1.54) is 0 Å². The molecule has 2 aliphatic rings. The van der Waals surface area contributed by atoms with Crippen molar-refractivity contribution in [2.75, 3.05) is 13.1 Å². The number of nitrogens with two attached hydrogens (primary N) is 1. The van der Waals surface area contributed by atoms with Crippen molar-refractivity contribution < 1.29 is 9.59 Å². The van der Waals surface area contributed by atoms with Crippen molar-refractivity contribution in [3.8, 4) is 0 Å². The SMILES string of the molecule is CCC(=O)NC1CCN(C(=O)CC2(N)CCC2)CC1. The lowest BCUT2D eigenvalue weighted by Gasteiger charge is -2.40. The highest BCUT2D eigenvalue weighted by Gasteiger charge is 2.36. The van der Waals surface area contributed by atoms with Gasteiger partial charge in [0.2, 0.25) is 11.8 Å². The molecule has 2 amide bonds. The average Bonchev–Trinajstić information content (AvgIpc) is 2.37. The van der Waals surface area contributed by atoms with Gasteiger partial charge in [-0.1, -0.05) is 6.92 Å². The number of nitrogens with zero attached hydrogens (tertiary/aromatic N) is 1. The Balaban J connectivity index is 1.73. The zero-order chi connectivity index (χ0) is 13.9. The lowest BCUT2D eigenvalue weighted by atomic mass is 9.75. The zero-order valence-electron chi connectivity index (χ0n) is 11.8. The van der Waals surface area contributed by atoms with Crippen LogP contribution in [0.2, 0.25) is 0 Å². The summed E-state index contributed by atoms with van der Waals surface area (Å²) in [4.78, 5) is 25.4. The Morgan fingerprint density at radius 3 is 2.42 bits per heavy atom. The third kappa shape index (κ3) is 3.69. The van der Waals surface area contributed by atoms with E-state index in [9.17, 15) is 9.59 Å². The molecule has 108 valence electrons. The van der Waals surface area contributed by atoms with Crippen molar-refractivity contribution >= 4 is 11.8 Å². The van der Waals surface area contributed by atoms with E-state index >= 15 is 0 Å². The number of likely N-dealkylation sites (tertiary alicyclic amines) is 1. The van der Waals surface area contributed by atoms with Crippen LogP contribution in [0, 0.1) is 0 Å². The van der Waals surface area contributed by atoms with Crippen LogP contribution in [0.4, 0.5) is 0 Å². The molecule has 0 aromatic carbocycles. The molecule has 0 unspecified atom stereocenters.